The third-order valence-electron chi connectivity index (χ3n) is 1.87. The van der Waals surface area contributed by atoms with Crippen molar-refractivity contribution in [1.82, 2.24) is 0 Å². The van der Waals surface area contributed by atoms with Gasteiger partial charge in [-0.2, -0.15) is 13.2 Å². The van der Waals surface area contributed by atoms with E-state index in [4.69, 9.17) is 5.73 Å². The predicted octanol–water partition coefficient (Wildman–Crippen LogP) is 2.39. The summed E-state index contributed by atoms with van der Waals surface area (Å²) in [4.78, 5) is 0. The van der Waals surface area contributed by atoms with Crippen LogP contribution in [0.2, 0.25) is 0 Å². The molecular formula is C10H12F3NO. The van der Waals surface area contributed by atoms with Crippen molar-refractivity contribution >= 4 is 0 Å². The molecule has 0 aliphatic carbocycles. The van der Waals surface area contributed by atoms with Gasteiger partial charge >= 0.3 is 6.18 Å². The molecule has 0 aliphatic heterocycles. The Bertz CT molecular complexity index is 336. The summed E-state index contributed by atoms with van der Waals surface area (Å²) in [6.07, 6.45) is -4.31. The molecule has 0 spiro atoms. The maximum atomic E-state index is 11.9. The van der Waals surface area contributed by atoms with Gasteiger partial charge in [0.1, 0.15) is 5.75 Å². The molecular weight excluding hydrogens is 207 g/mol. The molecule has 0 unspecified atom stereocenters. The van der Waals surface area contributed by atoms with E-state index in [1.54, 1.807) is 19.1 Å². The lowest BCUT2D eigenvalue weighted by Gasteiger charge is -2.11. The van der Waals surface area contributed by atoms with Crippen LogP contribution in [0.25, 0.3) is 0 Å². The Kier molecular flexibility index (Phi) is 3.57. The van der Waals surface area contributed by atoms with Crippen LogP contribution in [0, 0.1) is 6.92 Å². The number of halogens is 3. The second kappa shape index (κ2) is 4.53. The summed E-state index contributed by atoms with van der Waals surface area (Å²) in [5, 5.41) is 0. The monoisotopic (exact) mass is 219 g/mol. The number of alkyl halides is 3. The van der Waals surface area contributed by atoms with Gasteiger partial charge in [0.2, 0.25) is 0 Å². The summed E-state index contributed by atoms with van der Waals surface area (Å²) in [6, 6.07) is 4.87. The van der Waals surface area contributed by atoms with Gasteiger partial charge in [0.15, 0.2) is 6.61 Å². The van der Waals surface area contributed by atoms with Gasteiger partial charge < -0.3 is 10.5 Å². The van der Waals surface area contributed by atoms with Crippen molar-refractivity contribution < 1.29 is 17.9 Å². The largest absolute Gasteiger partial charge is 0.484 e. The molecule has 2 nitrogen and oxygen atoms in total. The molecule has 0 bridgehead atoms. The Hall–Kier alpha value is -1.23. The number of nitrogens with two attached hydrogens (primary N) is 1. The van der Waals surface area contributed by atoms with Crippen LogP contribution in [-0.2, 0) is 6.54 Å². The summed E-state index contributed by atoms with van der Waals surface area (Å²) in [7, 11) is 0. The van der Waals surface area contributed by atoms with Crippen LogP contribution in [0.15, 0.2) is 18.2 Å². The first-order valence-electron chi connectivity index (χ1n) is 4.41. The number of aryl methyl sites for hydroxylation is 1. The van der Waals surface area contributed by atoms with Gasteiger partial charge in [-0.25, -0.2) is 0 Å². The number of hydrogen-bond donors (Lipinski definition) is 1. The number of ether oxygens (including phenoxy) is 1. The minimum absolute atomic E-state index is 0.240. The summed E-state index contributed by atoms with van der Waals surface area (Å²) in [5.74, 6) is 0.240. The zero-order chi connectivity index (χ0) is 11.5. The summed E-state index contributed by atoms with van der Waals surface area (Å²) in [5.41, 5.74) is 6.91. The Balaban J connectivity index is 2.70. The van der Waals surface area contributed by atoms with Gasteiger partial charge in [-0.3, -0.25) is 0 Å². The van der Waals surface area contributed by atoms with Crippen LogP contribution < -0.4 is 10.5 Å². The van der Waals surface area contributed by atoms with Gasteiger partial charge in [-0.05, 0) is 24.1 Å². The van der Waals surface area contributed by atoms with E-state index in [1.807, 2.05) is 0 Å². The van der Waals surface area contributed by atoms with Gasteiger partial charge in [0, 0.05) is 6.54 Å². The molecule has 15 heavy (non-hydrogen) atoms. The van der Waals surface area contributed by atoms with Gasteiger partial charge in [-0.15, -0.1) is 0 Å². The molecule has 0 amide bonds. The molecule has 1 aromatic rings. The average molecular weight is 219 g/mol. The maximum absolute atomic E-state index is 11.9. The highest BCUT2D eigenvalue weighted by Crippen LogP contribution is 2.22. The SMILES string of the molecule is Cc1cc(CN)ccc1OCC(F)(F)F. The van der Waals surface area contributed by atoms with E-state index in [0.29, 0.717) is 12.1 Å². The number of benzene rings is 1. The lowest BCUT2D eigenvalue weighted by atomic mass is 10.1. The van der Waals surface area contributed by atoms with Gasteiger partial charge in [0.25, 0.3) is 0 Å². The molecule has 0 radical (unpaired) electrons. The van der Waals surface area contributed by atoms with Crippen molar-refractivity contribution in [3.63, 3.8) is 0 Å². The lowest BCUT2D eigenvalue weighted by molar-refractivity contribution is -0.153. The van der Waals surface area contributed by atoms with Crippen molar-refractivity contribution in [2.24, 2.45) is 5.73 Å². The second-order valence-corrected chi connectivity index (χ2v) is 3.21. The minimum atomic E-state index is -4.31. The van der Waals surface area contributed by atoms with Gasteiger partial charge in [-0.1, -0.05) is 12.1 Å². The molecule has 0 saturated heterocycles. The predicted molar refractivity (Wildman–Crippen MR) is 50.6 cm³/mol. The first kappa shape index (κ1) is 11.8. The Morgan fingerprint density at radius 3 is 2.47 bits per heavy atom. The van der Waals surface area contributed by atoms with Crippen molar-refractivity contribution in [2.75, 3.05) is 6.61 Å². The van der Waals surface area contributed by atoms with Crippen LogP contribution in [0.1, 0.15) is 11.1 Å². The molecule has 1 aromatic carbocycles. The third kappa shape index (κ3) is 3.79. The molecule has 0 atom stereocenters. The van der Waals surface area contributed by atoms with Crippen molar-refractivity contribution in [2.45, 2.75) is 19.6 Å². The van der Waals surface area contributed by atoms with E-state index in [0.717, 1.165) is 5.56 Å². The van der Waals surface area contributed by atoms with Crippen molar-refractivity contribution in [3.05, 3.63) is 29.3 Å². The first-order chi connectivity index (χ1) is 6.92. The normalized spacial score (nSPS) is 11.5. The first-order valence-corrected chi connectivity index (χ1v) is 4.41. The fraction of sp³-hybridized carbons (Fsp3) is 0.400. The van der Waals surface area contributed by atoms with Crippen molar-refractivity contribution in [3.8, 4) is 5.75 Å². The molecule has 0 aromatic heterocycles. The van der Waals surface area contributed by atoms with Gasteiger partial charge in [0.05, 0.1) is 0 Å². The van der Waals surface area contributed by atoms with Crippen LogP contribution in [-0.4, -0.2) is 12.8 Å². The fourth-order valence-corrected chi connectivity index (χ4v) is 1.16. The quantitative estimate of drug-likeness (QED) is 0.847. The fourth-order valence-electron chi connectivity index (χ4n) is 1.16. The van der Waals surface area contributed by atoms with E-state index >= 15 is 0 Å². The van der Waals surface area contributed by atoms with E-state index in [2.05, 4.69) is 4.74 Å². The molecule has 0 fully saturated rings. The Labute approximate surface area is 85.8 Å². The standard InChI is InChI=1S/C10H12F3NO/c1-7-4-8(5-14)2-3-9(7)15-6-10(11,12)13/h2-4H,5-6,14H2,1H3. The van der Waals surface area contributed by atoms with E-state index in [9.17, 15) is 13.2 Å². The lowest BCUT2D eigenvalue weighted by Crippen LogP contribution is -2.19. The molecule has 0 saturated carbocycles. The van der Waals surface area contributed by atoms with Crippen LogP contribution >= 0.6 is 0 Å². The zero-order valence-electron chi connectivity index (χ0n) is 8.27. The number of rotatable bonds is 3. The summed E-state index contributed by atoms with van der Waals surface area (Å²) < 4.78 is 40.3. The molecule has 0 aliphatic rings. The average Bonchev–Trinajstić information content (AvgIpc) is 2.14. The topological polar surface area (TPSA) is 35.2 Å². The zero-order valence-corrected chi connectivity index (χ0v) is 8.27. The molecule has 5 heteroatoms. The Morgan fingerprint density at radius 1 is 1.33 bits per heavy atom. The molecule has 0 heterocycles. The van der Waals surface area contributed by atoms with Crippen LogP contribution in [0.4, 0.5) is 13.2 Å². The highest BCUT2D eigenvalue weighted by Gasteiger charge is 2.28. The smallest absolute Gasteiger partial charge is 0.422 e. The maximum Gasteiger partial charge on any atom is 0.422 e. The number of hydrogen-bond acceptors (Lipinski definition) is 2. The van der Waals surface area contributed by atoms with Crippen LogP contribution in [0.3, 0.4) is 0 Å². The highest BCUT2D eigenvalue weighted by molar-refractivity contribution is 5.36. The second-order valence-electron chi connectivity index (χ2n) is 3.21. The molecule has 84 valence electrons. The highest BCUT2D eigenvalue weighted by atomic mass is 19.4. The molecule has 1 rings (SSSR count). The Morgan fingerprint density at radius 2 is 2.00 bits per heavy atom. The van der Waals surface area contributed by atoms with E-state index < -0.39 is 12.8 Å². The van der Waals surface area contributed by atoms with Crippen LogP contribution in [0.5, 0.6) is 5.75 Å². The summed E-state index contributed by atoms with van der Waals surface area (Å²) >= 11 is 0. The van der Waals surface area contributed by atoms with E-state index in [1.165, 1.54) is 6.07 Å². The molecule has 2 N–H and O–H groups in total. The minimum Gasteiger partial charge on any atom is -0.484 e. The summed E-state index contributed by atoms with van der Waals surface area (Å²) in [6.45, 7) is 0.779. The third-order valence-corrected chi connectivity index (χ3v) is 1.87. The van der Waals surface area contributed by atoms with E-state index in [-0.39, 0.29) is 5.75 Å². The van der Waals surface area contributed by atoms with Crippen molar-refractivity contribution in [1.29, 1.82) is 0 Å².